The van der Waals surface area contributed by atoms with Crippen LogP contribution < -0.4 is 15.2 Å². The monoisotopic (exact) mass is 436 g/mol. The van der Waals surface area contributed by atoms with E-state index in [1.165, 1.54) is 45.1 Å². The molecule has 1 aromatic carbocycles. The summed E-state index contributed by atoms with van der Waals surface area (Å²) in [5.41, 5.74) is 7.26. The standard InChI is InChI=1S/C23H33ClN2O4/c24-18-13-17(21-22(20(18)25)30-19(14-29-21)23(27)28)12-16-7-10-26(11-8-16)9-6-15-4-2-1-3-5-15/h13,15-16,19H,1-12,14,25H2,(H,27,28). The zero-order chi connectivity index (χ0) is 21.1. The van der Waals surface area contributed by atoms with Gasteiger partial charge in [-0.2, -0.15) is 0 Å². The Kier molecular flexibility index (Phi) is 6.94. The fourth-order valence-corrected chi connectivity index (χ4v) is 5.34. The lowest BCUT2D eigenvalue weighted by molar-refractivity contribution is -0.147. The van der Waals surface area contributed by atoms with Gasteiger partial charge in [-0.15, -0.1) is 0 Å². The number of likely N-dealkylation sites (tertiary alicyclic amines) is 1. The van der Waals surface area contributed by atoms with E-state index < -0.39 is 12.1 Å². The summed E-state index contributed by atoms with van der Waals surface area (Å²) in [5.74, 6) is 1.27. The number of ether oxygens (including phenoxy) is 2. The molecule has 1 atom stereocenters. The molecular weight excluding hydrogens is 404 g/mol. The number of hydrogen-bond acceptors (Lipinski definition) is 5. The van der Waals surface area contributed by atoms with Crippen molar-refractivity contribution in [3.63, 3.8) is 0 Å². The molecule has 1 saturated carbocycles. The van der Waals surface area contributed by atoms with Crippen LogP contribution in [0.25, 0.3) is 0 Å². The van der Waals surface area contributed by atoms with Gasteiger partial charge in [-0.05, 0) is 68.8 Å². The van der Waals surface area contributed by atoms with Crippen LogP contribution in [0.1, 0.15) is 56.9 Å². The molecule has 0 radical (unpaired) electrons. The molecule has 2 heterocycles. The zero-order valence-corrected chi connectivity index (χ0v) is 18.3. The average molecular weight is 437 g/mol. The number of carboxylic acid groups (broad SMARTS) is 1. The summed E-state index contributed by atoms with van der Waals surface area (Å²) in [7, 11) is 0. The molecule has 30 heavy (non-hydrogen) atoms. The number of piperidine rings is 1. The summed E-state index contributed by atoms with van der Waals surface area (Å²) in [6.45, 7) is 3.49. The molecule has 0 spiro atoms. The number of halogens is 1. The summed E-state index contributed by atoms with van der Waals surface area (Å²) in [6.07, 6.45) is 10.5. The van der Waals surface area contributed by atoms with Crippen LogP contribution in [0.3, 0.4) is 0 Å². The van der Waals surface area contributed by atoms with Crippen LogP contribution in [0.15, 0.2) is 6.07 Å². The van der Waals surface area contributed by atoms with Crippen LogP contribution in [-0.4, -0.2) is 48.3 Å². The predicted molar refractivity (Wildman–Crippen MR) is 117 cm³/mol. The smallest absolute Gasteiger partial charge is 0.348 e. The maximum Gasteiger partial charge on any atom is 0.348 e. The number of nitrogens with two attached hydrogens (primary N) is 1. The first-order valence-corrected chi connectivity index (χ1v) is 11.7. The average Bonchev–Trinajstić information content (AvgIpc) is 2.77. The Morgan fingerprint density at radius 2 is 1.87 bits per heavy atom. The van der Waals surface area contributed by atoms with Gasteiger partial charge >= 0.3 is 5.97 Å². The first-order valence-electron chi connectivity index (χ1n) is 11.4. The number of nitrogen functional groups attached to an aromatic ring is 1. The molecule has 0 aromatic heterocycles. The zero-order valence-electron chi connectivity index (χ0n) is 17.6. The molecule has 1 saturated heterocycles. The largest absolute Gasteiger partial charge is 0.485 e. The van der Waals surface area contributed by atoms with Gasteiger partial charge in [-0.25, -0.2) is 4.79 Å². The van der Waals surface area contributed by atoms with Gasteiger partial charge in [0.15, 0.2) is 11.5 Å². The highest BCUT2D eigenvalue weighted by Crippen LogP contribution is 2.45. The minimum atomic E-state index is -1.07. The van der Waals surface area contributed by atoms with E-state index in [0.717, 1.165) is 43.8 Å². The number of nitrogens with zero attached hydrogens (tertiary/aromatic N) is 1. The highest BCUT2D eigenvalue weighted by molar-refractivity contribution is 6.33. The molecule has 1 aromatic rings. The summed E-state index contributed by atoms with van der Waals surface area (Å²) in [6, 6.07) is 1.86. The van der Waals surface area contributed by atoms with Gasteiger partial charge < -0.3 is 25.2 Å². The molecule has 4 rings (SSSR count). The molecule has 166 valence electrons. The topological polar surface area (TPSA) is 85.0 Å². The van der Waals surface area contributed by atoms with Crippen LogP contribution in [0.5, 0.6) is 11.5 Å². The van der Waals surface area contributed by atoms with Gasteiger partial charge in [0, 0.05) is 0 Å². The Hall–Kier alpha value is -1.66. The van der Waals surface area contributed by atoms with Crippen molar-refractivity contribution in [2.45, 2.75) is 63.9 Å². The number of carbonyl (C=O) groups is 1. The third-order valence-corrected chi connectivity index (χ3v) is 7.32. The molecule has 2 fully saturated rings. The summed E-state index contributed by atoms with van der Waals surface area (Å²) in [5, 5.41) is 9.61. The van der Waals surface area contributed by atoms with Crippen molar-refractivity contribution in [1.82, 2.24) is 4.90 Å². The van der Waals surface area contributed by atoms with Gasteiger partial charge in [0.1, 0.15) is 6.61 Å². The van der Waals surface area contributed by atoms with Crippen molar-refractivity contribution in [1.29, 1.82) is 0 Å². The number of hydrogen-bond donors (Lipinski definition) is 2. The second-order valence-corrected chi connectivity index (χ2v) is 9.53. The predicted octanol–water partition coefficient (Wildman–Crippen LogP) is 4.37. The third kappa shape index (κ3) is 4.97. The highest BCUT2D eigenvalue weighted by Gasteiger charge is 2.32. The van der Waals surface area contributed by atoms with E-state index in [2.05, 4.69) is 4.90 Å². The number of benzene rings is 1. The molecule has 3 aliphatic rings. The second kappa shape index (κ2) is 9.65. The normalized spacial score (nSPS) is 23.4. The number of carboxylic acids is 1. The second-order valence-electron chi connectivity index (χ2n) is 9.13. The van der Waals surface area contributed by atoms with Crippen LogP contribution in [0.2, 0.25) is 5.02 Å². The van der Waals surface area contributed by atoms with Gasteiger partial charge in [0.2, 0.25) is 6.10 Å². The Morgan fingerprint density at radius 3 is 2.57 bits per heavy atom. The van der Waals surface area contributed by atoms with Crippen molar-refractivity contribution >= 4 is 23.3 Å². The quantitative estimate of drug-likeness (QED) is 0.644. The van der Waals surface area contributed by atoms with Crippen LogP contribution in [-0.2, 0) is 11.2 Å². The minimum absolute atomic E-state index is 0.0178. The van der Waals surface area contributed by atoms with Gasteiger partial charge in [0.25, 0.3) is 0 Å². The maximum absolute atomic E-state index is 11.3. The Bertz CT molecular complexity index is 758. The minimum Gasteiger partial charge on any atom is -0.485 e. The third-order valence-electron chi connectivity index (χ3n) is 7.01. The summed E-state index contributed by atoms with van der Waals surface area (Å²) in [4.78, 5) is 13.9. The van der Waals surface area contributed by atoms with E-state index in [1.54, 1.807) is 0 Å². The van der Waals surface area contributed by atoms with E-state index in [0.29, 0.717) is 16.7 Å². The van der Waals surface area contributed by atoms with Gasteiger partial charge in [-0.1, -0.05) is 43.7 Å². The molecule has 1 aliphatic carbocycles. The number of anilines is 1. The number of rotatable bonds is 6. The lowest BCUT2D eigenvalue weighted by atomic mass is 9.86. The van der Waals surface area contributed by atoms with E-state index >= 15 is 0 Å². The summed E-state index contributed by atoms with van der Waals surface area (Å²) < 4.78 is 11.4. The van der Waals surface area contributed by atoms with Crippen LogP contribution >= 0.6 is 11.6 Å². The highest BCUT2D eigenvalue weighted by atomic mass is 35.5. The van der Waals surface area contributed by atoms with Crippen molar-refractivity contribution < 1.29 is 19.4 Å². The van der Waals surface area contributed by atoms with Crippen molar-refractivity contribution in [2.75, 3.05) is 32.0 Å². The molecule has 1 unspecified atom stereocenters. The van der Waals surface area contributed by atoms with Crippen molar-refractivity contribution in [2.24, 2.45) is 11.8 Å². The molecular formula is C23H33ClN2O4. The van der Waals surface area contributed by atoms with Crippen LogP contribution in [0, 0.1) is 11.8 Å². The fourth-order valence-electron chi connectivity index (χ4n) is 5.12. The van der Waals surface area contributed by atoms with Gasteiger partial charge in [-0.3, -0.25) is 0 Å². The van der Waals surface area contributed by atoms with Crippen molar-refractivity contribution in [3.05, 3.63) is 16.7 Å². The van der Waals surface area contributed by atoms with Crippen molar-refractivity contribution in [3.8, 4) is 11.5 Å². The van der Waals surface area contributed by atoms with E-state index in [-0.39, 0.29) is 18.0 Å². The lowest BCUT2D eigenvalue weighted by Gasteiger charge is -2.34. The molecule has 2 aliphatic heterocycles. The lowest BCUT2D eigenvalue weighted by Crippen LogP contribution is -2.37. The van der Waals surface area contributed by atoms with E-state index in [1.807, 2.05) is 6.07 Å². The first-order chi connectivity index (χ1) is 14.5. The molecule has 6 nitrogen and oxygen atoms in total. The Morgan fingerprint density at radius 1 is 1.13 bits per heavy atom. The molecule has 0 bridgehead atoms. The Balaban J connectivity index is 1.33. The number of aliphatic carboxylic acids is 1. The van der Waals surface area contributed by atoms with E-state index in [4.69, 9.17) is 26.8 Å². The molecule has 7 heteroatoms. The van der Waals surface area contributed by atoms with Gasteiger partial charge in [0.05, 0.1) is 10.7 Å². The first kappa shape index (κ1) is 21.6. The molecule has 0 amide bonds. The molecule has 3 N–H and O–H groups in total. The fraction of sp³-hybridized carbons (Fsp3) is 0.696. The SMILES string of the molecule is Nc1c(Cl)cc(CC2CCN(CCC3CCCCC3)CC2)c2c1OC(C(=O)O)CO2. The van der Waals surface area contributed by atoms with E-state index in [9.17, 15) is 9.90 Å². The number of fused-ring (bicyclic) bond motifs is 1. The van der Waals surface area contributed by atoms with Crippen LogP contribution in [0.4, 0.5) is 5.69 Å². The summed E-state index contributed by atoms with van der Waals surface area (Å²) >= 11 is 6.32. The maximum atomic E-state index is 11.3. The Labute approximate surface area is 183 Å².